The molecule has 2 heterocycles. The Bertz CT molecular complexity index is 1080. The molecule has 2 aliphatic heterocycles. The van der Waals surface area contributed by atoms with Gasteiger partial charge in [-0.25, -0.2) is 0 Å². The third kappa shape index (κ3) is 5.71. The average molecular weight is 482 g/mol. The summed E-state index contributed by atoms with van der Waals surface area (Å²) in [6, 6.07) is 11.8. The third-order valence-corrected chi connectivity index (χ3v) is 6.49. The van der Waals surface area contributed by atoms with Crippen LogP contribution in [-0.4, -0.2) is 86.0 Å². The standard InChI is InChI=1S/C25H31N5O5/c1-35-21-6-2-5-19(17-21)24(31)29-13-4-12-27(15-16-29)22-8-7-20(18-23(22)30(33)34)25(32)28-11-3-9-26-10-14-28/h2,5-8,17-18,26H,3-4,9-16H2,1H3. The third-order valence-electron chi connectivity index (χ3n) is 6.49. The summed E-state index contributed by atoms with van der Waals surface area (Å²) in [6.07, 6.45) is 1.53. The molecule has 186 valence electrons. The zero-order valence-corrected chi connectivity index (χ0v) is 19.9. The number of methoxy groups -OCH3 is 1. The van der Waals surface area contributed by atoms with E-state index in [0.717, 1.165) is 13.0 Å². The number of nitro benzene ring substituents is 1. The molecule has 1 N–H and O–H groups in total. The van der Waals surface area contributed by atoms with Crippen LogP contribution < -0.4 is 15.0 Å². The van der Waals surface area contributed by atoms with Crippen molar-refractivity contribution in [3.8, 4) is 5.75 Å². The first kappa shape index (κ1) is 24.5. The van der Waals surface area contributed by atoms with Crippen LogP contribution in [0.25, 0.3) is 0 Å². The van der Waals surface area contributed by atoms with Gasteiger partial charge in [-0.1, -0.05) is 6.07 Å². The molecule has 10 nitrogen and oxygen atoms in total. The van der Waals surface area contributed by atoms with Gasteiger partial charge in [-0.3, -0.25) is 19.7 Å². The molecule has 0 bridgehead atoms. The lowest BCUT2D eigenvalue weighted by Crippen LogP contribution is -2.35. The Morgan fingerprint density at radius 2 is 1.63 bits per heavy atom. The Morgan fingerprint density at radius 1 is 0.886 bits per heavy atom. The first-order valence-corrected chi connectivity index (χ1v) is 11.9. The molecule has 2 fully saturated rings. The van der Waals surface area contributed by atoms with Gasteiger partial charge >= 0.3 is 0 Å². The smallest absolute Gasteiger partial charge is 0.293 e. The Kier molecular flexibility index (Phi) is 7.81. The van der Waals surface area contributed by atoms with Gasteiger partial charge in [0.2, 0.25) is 0 Å². The number of hydrogen-bond donors (Lipinski definition) is 1. The maximum Gasteiger partial charge on any atom is 0.293 e. The molecule has 2 aromatic rings. The maximum absolute atomic E-state index is 13.0. The number of nitrogens with zero attached hydrogens (tertiary/aromatic N) is 4. The lowest BCUT2D eigenvalue weighted by molar-refractivity contribution is -0.384. The van der Waals surface area contributed by atoms with Crippen LogP contribution in [0.4, 0.5) is 11.4 Å². The van der Waals surface area contributed by atoms with Crippen LogP contribution >= 0.6 is 0 Å². The van der Waals surface area contributed by atoms with Gasteiger partial charge in [0, 0.05) is 63.0 Å². The normalized spacial score (nSPS) is 16.9. The molecule has 10 heteroatoms. The molecule has 0 atom stereocenters. The van der Waals surface area contributed by atoms with Crippen LogP contribution in [0, 0.1) is 10.1 Å². The number of amides is 2. The summed E-state index contributed by atoms with van der Waals surface area (Å²) in [5.41, 5.74) is 1.26. The number of rotatable bonds is 5. The monoisotopic (exact) mass is 481 g/mol. The number of hydrogen-bond acceptors (Lipinski definition) is 7. The van der Waals surface area contributed by atoms with Crippen molar-refractivity contribution < 1.29 is 19.2 Å². The van der Waals surface area contributed by atoms with Gasteiger partial charge in [-0.05, 0) is 49.7 Å². The number of carbonyl (C=O) groups is 2. The molecule has 2 saturated heterocycles. The maximum atomic E-state index is 13.0. The SMILES string of the molecule is COc1cccc(C(=O)N2CCCN(c3ccc(C(=O)N4CCCNCC4)cc3[N+](=O)[O-])CC2)c1. The quantitative estimate of drug-likeness (QED) is 0.516. The first-order valence-electron chi connectivity index (χ1n) is 11.9. The van der Waals surface area contributed by atoms with Crippen LogP contribution in [0.5, 0.6) is 5.75 Å². The number of nitro groups is 1. The molecular weight excluding hydrogens is 450 g/mol. The molecule has 0 aliphatic carbocycles. The molecule has 0 radical (unpaired) electrons. The minimum absolute atomic E-state index is 0.0867. The minimum atomic E-state index is -0.430. The lowest BCUT2D eigenvalue weighted by atomic mass is 10.1. The summed E-state index contributed by atoms with van der Waals surface area (Å²) in [6.45, 7) is 4.81. The van der Waals surface area contributed by atoms with Crippen LogP contribution in [0.3, 0.4) is 0 Å². The van der Waals surface area contributed by atoms with Crippen molar-refractivity contribution in [2.45, 2.75) is 12.8 Å². The van der Waals surface area contributed by atoms with E-state index in [4.69, 9.17) is 4.74 Å². The summed E-state index contributed by atoms with van der Waals surface area (Å²) < 4.78 is 5.23. The lowest BCUT2D eigenvalue weighted by Gasteiger charge is -2.24. The second-order valence-electron chi connectivity index (χ2n) is 8.72. The molecule has 2 aliphatic rings. The summed E-state index contributed by atoms with van der Waals surface area (Å²) >= 11 is 0. The minimum Gasteiger partial charge on any atom is -0.497 e. The highest BCUT2D eigenvalue weighted by Crippen LogP contribution is 2.31. The highest BCUT2D eigenvalue weighted by atomic mass is 16.6. The molecule has 0 unspecified atom stereocenters. The van der Waals surface area contributed by atoms with Crippen molar-refractivity contribution in [1.29, 1.82) is 0 Å². The number of nitrogens with one attached hydrogen (secondary N) is 1. The molecule has 35 heavy (non-hydrogen) atoms. The van der Waals surface area contributed by atoms with E-state index in [1.807, 2.05) is 4.90 Å². The van der Waals surface area contributed by atoms with E-state index in [2.05, 4.69) is 5.32 Å². The van der Waals surface area contributed by atoms with E-state index in [1.165, 1.54) is 6.07 Å². The Morgan fingerprint density at radius 3 is 2.40 bits per heavy atom. The van der Waals surface area contributed by atoms with Gasteiger partial charge in [0.25, 0.3) is 17.5 Å². The van der Waals surface area contributed by atoms with Crippen LogP contribution in [0.1, 0.15) is 33.6 Å². The van der Waals surface area contributed by atoms with Crippen molar-refractivity contribution in [1.82, 2.24) is 15.1 Å². The van der Waals surface area contributed by atoms with Gasteiger partial charge in [0.15, 0.2) is 0 Å². The van der Waals surface area contributed by atoms with E-state index < -0.39 is 4.92 Å². The highest BCUT2D eigenvalue weighted by Gasteiger charge is 2.27. The van der Waals surface area contributed by atoms with Gasteiger partial charge in [0.05, 0.1) is 12.0 Å². The van der Waals surface area contributed by atoms with Gasteiger partial charge in [0.1, 0.15) is 11.4 Å². The van der Waals surface area contributed by atoms with E-state index in [0.29, 0.717) is 74.8 Å². The van der Waals surface area contributed by atoms with Crippen molar-refractivity contribution in [3.05, 3.63) is 63.7 Å². The van der Waals surface area contributed by atoms with Crippen LogP contribution in [-0.2, 0) is 0 Å². The van der Waals surface area contributed by atoms with Gasteiger partial charge in [-0.2, -0.15) is 0 Å². The Balaban J connectivity index is 1.49. The van der Waals surface area contributed by atoms with Crippen LogP contribution in [0.15, 0.2) is 42.5 Å². The fourth-order valence-electron chi connectivity index (χ4n) is 4.60. The number of benzene rings is 2. The molecule has 2 aromatic carbocycles. The number of ether oxygens (including phenoxy) is 1. The fraction of sp³-hybridized carbons (Fsp3) is 0.440. The number of anilines is 1. The second-order valence-corrected chi connectivity index (χ2v) is 8.72. The highest BCUT2D eigenvalue weighted by molar-refractivity contribution is 5.96. The second kappa shape index (κ2) is 11.2. The summed E-state index contributed by atoms with van der Waals surface area (Å²) in [4.78, 5) is 43.0. The molecule has 0 spiro atoms. The summed E-state index contributed by atoms with van der Waals surface area (Å²) in [7, 11) is 1.56. The van der Waals surface area contributed by atoms with E-state index in [-0.39, 0.29) is 17.5 Å². The first-order chi connectivity index (χ1) is 17.0. The van der Waals surface area contributed by atoms with Crippen LogP contribution in [0.2, 0.25) is 0 Å². The summed E-state index contributed by atoms with van der Waals surface area (Å²) in [5.74, 6) is 0.344. The van der Waals surface area contributed by atoms with E-state index in [9.17, 15) is 19.7 Å². The predicted octanol–water partition coefficient (Wildman–Crippen LogP) is 2.39. The average Bonchev–Trinajstić information content (AvgIpc) is 3.31. The summed E-state index contributed by atoms with van der Waals surface area (Å²) in [5, 5.41) is 15.2. The zero-order chi connectivity index (χ0) is 24.8. The molecule has 0 aromatic heterocycles. The van der Waals surface area contributed by atoms with Gasteiger partial charge in [-0.15, -0.1) is 0 Å². The van der Waals surface area contributed by atoms with Crippen molar-refractivity contribution in [2.24, 2.45) is 0 Å². The molecule has 0 saturated carbocycles. The zero-order valence-electron chi connectivity index (χ0n) is 19.9. The molecule has 2 amide bonds. The number of carbonyl (C=O) groups excluding carboxylic acids is 2. The molecule has 4 rings (SSSR count). The van der Waals surface area contributed by atoms with Crippen molar-refractivity contribution in [2.75, 3.05) is 64.4 Å². The fourth-order valence-corrected chi connectivity index (χ4v) is 4.60. The van der Waals surface area contributed by atoms with Crippen molar-refractivity contribution in [3.63, 3.8) is 0 Å². The Labute approximate surface area is 204 Å². The van der Waals surface area contributed by atoms with Gasteiger partial charge < -0.3 is 24.8 Å². The largest absolute Gasteiger partial charge is 0.497 e. The predicted molar refractivity (Wildman–Crippen MR) is 132 cm³/mol. The molecular formula is C25H31N5O5. The Hall–Kier alpha value is -3.66. The van der Waals surface area contributed by atoms with Crippen molar-refractivity contribution >= 4 is 23.2 Å². The topological polar surface area (TPSA) is 108 Å². The van der Waals surface area contributed by atoms with E-state index >= 15 is 0 Å². The van der Waals surface area contributed by atoms with E-state index in [1.54, 1.807) is 53.3 Å².